The maximum atomic E-state index is 12.0. The number of morpholine rings is 1. The summed E-state index contributed by atoms with van der Waals surface area (Å²) in [6.45, 7) is 7.32. The first-order valence-corrected chi connectivity index (χ1v) is 13.9. The van der Waals surface area contributed by atoms with E-state index in [2.05, 4.69) is 43.3 Å². The van der Waals surface area contributed by atoms with Crippen molar-refractivity contribution in [2.75, 3.05) is 49.6 Å². The van der Waals surface area contributed by atoms with E-state index >= 15 is 0 Å². The molecule has 5 aliphatic heterocycles. The molecule has 0 radical (unpaired) electrons. The van der Waals surface area contributed by atoms with Gasteiger partial charge in [-0.2, -0.15) is 0 Å². The SMILES string of the molecule is CCC(=O)N1CC(N2C3CCC2CC(c2ccc4c(c2)Nc2ncnc(N5CCOCC5)c2CO4)C3)C1. The molecular weight excluding hydrogens is 468 g/mol. The number of anilines is 3. The van der Waals surface area contributed by atoms with E-state index in [0.29, 0.717) is 56.2 Å². The number of hydrogen-bond donors (Lipinski definition) is 1. The Morgan fingerprint density at radius 2 is 1.86 bits per heavy atom. The van der Waals surface area contributed by atoms with E-state index in [1.807, 2.05) is 11.8 Å². The van der Waals surface area contributed by atoms with Crippen LogP contribution in [-0.2, 0) is 16.1 Å². The second-order valence-corrected chi connectivity index (χ2v) is 11.1. The lowest BCUT2D eigenvalue weighted by atomic mass is 9.83. The van der Waals surface area contributed by atoms with Crippen molar-refractivity contribution in [1.29, 1.82) is 0 Å². The Labute approximate surface area is 218 Å². The molecule has 37 heavy (non-hydrogen) atoms. The number of nitrogens with zero attached hydrogens (tertiary/aromatic N) is 5. The third kappa shape index (κ3) is 4.12. The van der Waals surface area contributed by atoms with E-state index in [0.717, 1.165) is 54.8 Å². The third-order valence-electron chi connectivity index (χ3n) is 9.06. The Balaban J connectivity index is 1.07. The molecule has 4 fully saturated rings. The summed E-state index contributed by atoms with van der Waals surface area (Å²) in [7, 11) is 0. The lowest BCUT2D eigenvalue weighted by Gasteiger charge is -2.51. The monoisotopic (exact) mass is 504 g/mol. The van der Waals surface area contributed by atoms with Crippen molar-refractivity contribution in [3.05, 3.63) is 35.7 Å². The van der Waals surface area contributed by atoms with Gasteiger partial charge in [0.1, 0.15) is 30.3 Å². The predicted molar refractivity (Wildman–Crippen MR) is 140 cm³/mol. The van der Waals surface area contributed by atoms with Crippen LogP contribution in [0.2, 0.25) is 0 Å². The molecule has 2 unspecified atom stereocenters. The molecular formula is C28H36N6O3. The van der Waals surface area contributed by atoms with Gasteiger partial charge in [-0.1, -0.05) is 13.0 Å². The number of carbonyl (C=O) groups is 1. The van der Waals surface area contributed by atoms with E-state index in [-0.39, 0.29) is 0 Å². The fourth-order valence-electron chi connectivity index (χ4n) is 7.15. The Morgan fingerprint density at radius 1 is 1.08 bits per heavy atom. The maximum absolute atomic E-state index is 12.0. The number of piperidine rings is 1. The summed E-state index contributed by atoms with van der Waals surface area (Å²) in [4.78, 5) is 28.3. The van der Waals surface area contributed by atoms with Crippen molar-refractivity contribution >= 4 is 23.2 Å². The highest BCUT2D eigenvalue weighted by molar-refractivity contribution is 5.76. The highest BCUT2D eigenvalue weighted by atomic mass is 16.5. The van der Waals surface area contributed by atoms with E-state index < -0.39 is 0 Å². The number of nitrogens with one attached hydrogen (secondary N) is 1. The molecule has 4 saturated heterocycles. The van der Waals surface area contributed by atoms with Crippen molar-refractivity contribution < 1.29 is 14.3 Å². The first kappa shape index (κ1) is 23.2. The van der Waals surface area contributed by atoms with Crippen LogP contribution < -0.4 is 15.0 Å². The minimum Gasteiger partial charge on any atom is -0.486 e. The van der Waals surface area contributed by atoms with Crippen molar-refractivity contribution in [1.82, 2.24) is 19.8 Å². The molecule has 196 valence electrons. The van der Waals surface area contributed by atoms with Gasteiger partial charge in [-0.3, -0.25) is 9.69 Å². The van der Waals surface area contributed by atoms with Gasteiger partial charge in [0.25, 0.3) is 0 Å². The number of benzene rings is 1. The third-order valence-corrected chi connectivity index (χ3v) is 9.06. The van der Waals surface area contributed by atoms with Crippen LogP contribution in [0.3, 0.4) is 0 Å². The van der Waals surface area contributed by atoms with E-state index in [1.165, 1.54) is 31.2 Å². The number of aromatic nitrogens is 2. The van der Waals surface area contributed by atoms with Crippen molar-refractivity contribution in [2.24, 2.45) is 0 Å². The van der Waals surface area contributed by atoms with Crippen LogP contribution in [0, 0.1) is 0 Å². The van der Waals surface area contributed by atoms with Crippen LogP contribution in [0.4, 0.5) is 17.3 Å². The average Bonchev–Trinajstić information content (AvgIpc) is 3.07. The first-order chi connectivity index (χ1) is 18.2. The Hall–Kier alpha value is -2.91. The van der Waals surface area contributed by atoms with Gasteiger partial charge in [-0.15, -0.1) is 0 Å². The molecule has 7 rings (SSSR count). The quantitative estimate of drug-likeness (QED) is 0.679. The first-order valence-electron chi connectivity index (χ1n) is 13.9. The molecule has 2 bridgehead atoms. The zero-order valence-corrected chi connectivity index (χ0v) is 21.6. The fourth-order valence-corrected chi connectivity index (χ4v) is 7.15. The van der Waals surface area contributed by atoms with Gasteiger partial charge in [0.05, 0.1) is 24.5 Å². The summed E-state index contributed by atoms with van der Waals surface area (Å²) >= 11 is 0. The van der Waals surface area contributed by atoms with Gasteiger partial charge in [-0.05, 0) is 49.3 Å². The van der Waals surface area contributed by atoms with Crippen LogP contribution in [0.5, 0.6) is 5.75 Å². The molecule has 1 aromatic carbocycles. The molecule has 1 aromatic heterocycles. The van der Waals surface area contributed by atoms with Crippen molar-refractivity contribution in [2.45, 2.75) is 69.7 Å². The minimum absolute atomic E-state index is 0.294. The summed E-state index contributed by atoms with van der Waals surface area (Å²) in [5.74, 6) is 3.48. The van der Waals surface area contributed by atoms with Crippen molar-refractivity contribution in [3.63, 3.8) is 0 Å². The molecule has 0 aliphatic carbocycles. The molecule has 1 N–H and O–H groups in total. The molecule has 0 saturated carbocycles. The van der Waals surface area contributed by atoms with Gasteiger partial charge in [0.2, 0.25) is 5.91 Å². The smallest absolute Gasteiger partial charge is 0.222 e. The van der Waals surface area contributed by atoms with Gasteiger partial charge < -0.3 is 24.6 Å². The summed E-state index contributed by atoms with van der Waals surface area (Å²) in [6.07, 6.45) is 7.19. The van der Waals surface area contributed by atoms with Crippen LogP contribution in [0.1, 0.15) is 56.1 Å². The highest BCUT2D eigenvalue weighted by Crippen LogP contribution is 2.47. The summed E-state index contributed by atoms with van der Waals surface area (Å²) < 4.78 is 11.8. The number of rotatable bonds is 4. The summed E-state index contributed by atoms with van der Waals surface area (Å²) in [5.41, 5.74) is 3.38. The molecule has 9 heteroatoms. The Bertz CT molecular complexity index is 1160. The second kappa shape index (κ2) is 9.44. The molecule has 1 amide bonds. The number of hydrogen-bond acceptors (Lipinski definition) is 8. The lowest BCUT2D eigenvalue weighted by Crippen LogP contribution is -2.64. The second-order valence-electron chi connectivity index (χ2n) is 11.1. The van der Waals surface area contributed by atoms with Crippen LogP contribution >= 0.6 is 0 Å². The number of carbonyl (C=O) groups excluding carboxylic acids is 1. The zero-order valence-electron chi connectivity index (χ0n) is 21.6. The number of fused-ring (bicyclic) bond motifs is 4. The Kier molecular flexibility index (Phi) is 5.92. The molecule has 9 nitrogen and oxygen atoms in total. The number of amides is 1. The van der Waals surface area contributed by atoms with Gasteiger partial charge in [0.15, 0.2) is 0 Å². The molecule has 2 atom stereocenters. The number of likely N-dealkylation sites (tertiary alicyclic amines) is 1. The molecule has 2 aromatic rings. The average molecular weight is 505 g/mol. The van der Waals surface area contributed by atoms with Crippen LogP contribution in [0.25, 0.3) is 0 Å². The van der Waals surface area contributed by atoms with E-state index in [1.54, 1.807) is 6.33 Å². The van der Waals surface area contributed by atoms with Gasteiger partial charge in [0, 0.05) is 50.7 Å². The lowest BCUT2D eigenvalue weighted by molar-refractivity contribution is -0.140. The molecule has 5 aliphatic rings. The topological polar surface area (TPSA) is 83.1 Å². The standard InChI is InChI=1S/C28H36N6O3/c1-2-26(35)33-14-22(15-33)34-20-4-5-21(34)12-19(11-20)18-3-6-25-24(13-18)31-27-23(16-37-25)28(30-17-29-27)32-7-9-36-10-8-32/h3,6,13,17,19-22H,2,4-5,7-12,14-16H2,1H3,(H,29,30,31). The zero-order chi connectivity index (χ0) is 24.9. The van der Waals surface area contributed by atoms with Gasteiger partial charge >= 0.3 is 0 Å². The van der Waals surface area contributed by atoms with Gasteiger partial charge in [-0.25, -0.2) is 9.97 Å². The highest BCUT2D eigenvalue weighted by Gasteiger charge is 2.47. The Morgan fingerprint density at radius 3 is 2.62 bits per heavy atom. The van der Waals surface area contributed by atoms with Crippen molar-refractivity contribution in [3.8, 4) is 5.75 Å². The fraction of sp³-hybridized carbons (Fsp3) is 0.607. The minimum atomic E-state index is 0.294. The van der Waals surface area contributed by atoms with E-state index in [9.17, 15) is 4.79 Å². The predicted octanol–water partition coefficient (Wildman–Crippen LogP) is 3.28. The normalized spacial score (nSPS) is 27.4. The molecule has 0 spiro atoms. The van der Waals surface area contributed by atoms with E-state index in [4.69, 9.17) is 9.47 Å². The maximum Gasteiger partial charge on any atom is 0.222 e. The molecule has 6 heterocycles. The number of ether oxygens (including phenoxy) is 2. The van der Waals surface area contributed by atoms with Crippen LogP contribution in [0.15, 0.2) is 24.5 Å². The summed E-state index contributed by atoms with van der Waals surface area (Å²) in [6, 6.07) is 8.47. The van der Waals surface area contributed by atoms with Crippen LogP contribution in [-0.4, -0.2) is 83.2 Å². The largest absolute Gasteiger partial charge is 0.486 e. The summed E-state index contributed by atoms with van der Waals surface area (Å²) in [5, 5.41) is 3.58.